The van der Waals surface area contributed by atoms with Crippen molar-refractivity contribution in [2.75, 3.05) is 0 Å². The Morgan fingerprint density at radius 3 is 2.61 bits per heavy atom. The molecule has 2 aromatic rings. The van der Waals surface area contributed by atoms with Gasteiger partial charge in [0.1, 0.15) is 0 Å². The second kappa shape index (κ2) is 7.49. The molecule has 1 saturated carbocycles. The van der Waals surface area contributed by atoms with Gasteiger partial charge in [0.2, 0.25) is 5.91 Å². The number of nitrogens with zero attached hydrogens (tertiary/aromatic N) is 1. The maximum atomic E-state index is 12.6. The van der Waals surface area contributed by atoms with Crippen LogP contribution < -0.4 is 5.32 Å². The minimum absolute atomic E-state index is 0.0634. The Balaban J connectivity index is 1.72. The molecule has 1 aromatic carbocycles. The van der Waals surface area contributed by atoms with Gasteiger partial charge < -0.3 is 9.88 Å². The van der Waals surface area contributed by atoms with Crippen molar-refractivity contribution in [1.29, 1.82) is 0 Å². The Labute approximate surface area is 138 Å². The zero-order chi connectivity index (χ0) is 16.1. The summed E-state index contributed by atoms with van der Waals surface area (Å²) in [5.41, 5.74) is 2.42. The van der Waals surface area contributed by atoms with Crippen LogP contribution in [0.15, 0.2) is 48.8 Å². The lowest BCUT2D eigenvalue weighted by Crippen LogP contribution is -2.37. The van der Waals surface area contributed by atoms with E-state index in [0.29, 0.717) is 12.5 Å². The topological polar surface area (TPSA) is 34.0 Å². The second-order valence-corrected chi connectivity index (χ2v) is 6.67. The van der Waals surface area contributed by atoms with E-state index in [1.807, 2.05) is 24.5 Å². The number of carbonyl (C=O) groups excluding carboxylic acids is 1. The van der Waals surface area contributed by atoms with Crippen molar-refractivity contribution in [1.82, 2.24) is 9.88 Å². The van der Waals surface area contributed by atoms with E-state index in [1.54, 1.807) is 0 Å². The fourth-order valence-electron chi connectivity index (χ4n) is 3.54. The number of hydrogen-bond acceptors (Lipinski definition) is 1. The average molecular weight is 310 g/mol. The third-order valence-corrected chi connectivity index (χ3v) is 4.76. The molecule has 3 heteroatoms. The molecule has 3 nitrogen and oxygen atoms in total. The maximum absolute atomic E-state index is 12.6. The predicted molar refractivity (Wildman–Crippen MR) is 93.4 cm³/mol. The fraction of sp³-hybridized carbons (Fsp3) is 0.450. The molecule has 0 aliphatic heterocycles. The molecule has 1 fully saturated rings. The highest BCUT2D eigenvalue weighted by atomic mass is 16.1. The highest BCUT2D eigenvalue weighted by Crippen LogP contribution is 2.24. The van der Waals surface area contributed by atoms with Crippen molar-refractivity contribution in [3.05, 3.63) is 59.9 Å². The molecular weight excluding hydrogens is 284 g/mol. The first-order valence-electron chi connectivity index (χ1n) is 8.71. The number of carbonyl (C=O) groups is 1. The van der Waals surface area contributed by atoms with Crippen LogP contribution in [0.1, 0.15) is 55.7 Å². The van der Waals surface area contributed by atoms with Gasteiger partial charge in [0.05, 0.1) is 12.5 Å². The van der Waals surface area contributed by atoms with Crippen LogP contribution in [0, 0.1) is 6.92 Å². The summed E-state index contributed by atoms with van der Waals surface area (Å²) in [6.07, 6.45) is 10.6. The molecule has 1 N–H and O–H groups in total. The number of amides is 1. The summed E-state index contributed by atoms with van der Waals surface area (Å²) in [4.78, 5) is 12.6. The van der Waals surface area contributed by atoms with Crippen molar-refractivity contribution in [2.24, 2.45) is 0 Å². The van der Waals surface area contributed by atoms with Gasteiger partial charge in [-0.1, -0.05) is 49.1 Å². The van der Waals surface area contributed by atoms with Gasteiger partial charge >= 0.3 is 0 Å². The average Bonchev–Trinajstić information content (AvgIpc) is 3.08. The van der Waals surface area contributed by atoms with Crippen LogP contribution in [0.4, 0.5) is 0 Å². The van der Waals surface area contributed by atoms with E-state index in [4.69, 9.17) is 0 Å². The standard InChI is InChI=1S/C20H26N2O/c1-16-8-7-9-17(14-16)19(22-12-5-6-13-22)15-20(23)21-18-10-3-2-4-11-18/h5-9,12-14,18-19H,2-4,10-11,15H2,1H3,(H,21,23)/t19-/m0/s1. The first-order valence-corrected chi connectivity index (χ1v) is 8.71. The molecule has 1 amide bonds. The minimum atomic E-state index is 0.0634. The quantitative estimate of drug-likeness (QED) is 0.881. The number of rotatable bonds is 5. The molecule has 1 aliphatic rings. The molecule has 1 heterocycles. The van der Waals surface area contributed by atoms with Crippen LogP contribution in [0.5, 0.6) is 0 Å². The van der Waals surface area contributed by atoms with Crippen molar-refractivity contribution >= 4 is 5.91 Å². The summed E-state index contributed by atoms with van der Waals surface area (Å²) in [5.74, 6) is 0.164. The van der Waals surface area contributed by atoms with Crippen molar-refractivity contribution < 1.29 is 4.79 Å². The highest BCUT2D eigenvalue weighted by molar-refractivity contribution is 5.77. The van der Waals surface area contributed by atoms with Crippen molar-refractivity contribution in [2.45, 2.75) is 57.5 Å². The monoisotopic (exact) mass is 310 g/mol. The molecule has 1 aromatic heterocycles. The Morgan fingerprint density at radius 1 is 1.17 bits per heavy atom. The molecule has 1 aliphatic carbocycles. The van der Waals surface area contributed by atoms with E-state index in [-0.39, 0.29) is 11.9 Å². The van der Waals surface area contributed by atoms with Crippen LogP contribution in [-0.2, 0) is 4.79 Å². The van der Waals surface area contributed by atoms with Gasteiger partial charge in [0.15, 0.2) is 0 Å². The smallest absolute Gasteiger partial charge is 0.222 e. The molecule has 122 valence electrons. The van der Waals surface area contributed by atoms with E-state index in [1.165, 1.54) is 30.4 Å². The molecule has 1 atom stereocenters. The Hall–Kier alpha value is -2.03. The Morgan fingerprint density at radius 2 is 1.91 bits per heavy atom. The first kappa shape index (κ1) is 15.9. The summed E-state index contributed by atoms with van der Waals surface area (Å²) in [7, 11) is 0. The molecule has 0 bridgehead atoms. The van der Waals surface area contributed by atoms with E-state index < -0.39 is 0 Å². The van der Waals surface area contributed by atoms with Crippen LogP contribution in [0.3, 0.4) is 0 Å². The normalized spacial score (nSPS) is 16.9. The van der Waals surface area contributed by atoms with Crippen molar-refractivity contribution in [3.63, 3.8) is 0 Å². The number of nitrogens with one attached hydrogen (secondary N) is 1. The van der Waals surface area contributed by atoms with Gasteiger partial charge in [-0.2, -0.15) is 0 Å². The van der Waals surface area contributed by atoms with Gasteiger partial charge in [-0.15, -0.1) is 0 Å². The van der Waals surface area contributed by atoms with Gasteiger partial charge in [0, 0.05) is 18.4 Å². The molecule has 0 unspecified atom stereocenters. The minimum Gasteiger partial charge on any atom is -0.353 e. The summed E-state index contributed by atoms with van der Waals surface area (Å²) in [6.45, 7) is 2.10. The zero-order valence-electron chi connectivity index (χ0n) is 13.9. The molecule has 0 radical (unpaired) electrons. The Bertz CT molecular complexity index is 627. The van der Waals surface area contributed by atoms with E-state index in [0.717, 1.165) is 12.8 Å². The Kier molecular flexibility index (Phi) is 5.16. The van der Waals surface area contributed by atoms with Gasteiger partial charge in [0.25, 0.3) is 0 Å². The summed E-state index contributed by atoms with van der Waals surface area (Å²) >= 11 is 0. The highest BCUT2D eigenvalue weighted by Gasteiger charge is 2.20. The van der Waals surface area contributed by atoms with Crippen LogP contribution >= 0.6 is 0 Å². The van der Waals surface area contributed by atoms with E-state index in [2.05, 4.69) is 41.1 Å². The summed E-state index contributed by atoms with van der Waals surface area (Å²) in [5, 5.41) is 3.24. The fourth-order valence-corrected chi connectivity index (χ4v) is 3.54. The zero-order valence-corrected chi connectivity index (χ0v) is 13.9. The van der Waals surface area contributed by atoms with E-state index >= 15 is 0 Å². The molecule has 23 heavy (non-hydrogen) atoms. The van der Waals surface area contributed by atoms with Crippen LogP contribution in [0.2, 0.25) is 0 Å². The van der Waals surface area contributed by atoms with Gasteiger partial charge in [-0.3, -0.25) is 4.79 Å². The lowest BCUT2D eigenvalue weighted by molar-refractivity contribution is -0.122. The first-order chi connectivity index (χ1) is 11.2. The molecule has 3 rings (SSSR count). The third kappa shape index (κ3) is 4.25. The largest absolute Gasteiger partial charge is 0.353 e. The number of aromatic nitrogens is 1. The van der Waals surface area contributed by atoms with Gasteiger partial charge in [-0.25, -0.2) is 0 Å². The number of hydrogen-bond donors (Lipinski definition) is 1. The SMILES string of the molecule is Cc1cccc([C@H](CC(=O)NC2CCCCC2)n2cccc2)c1. The second-order valence-electron chi connectivity index (χ2n) is 6.67. The number of aryl methyl sites for hydroxylation is 1. The maximum Gasteiger partial charge on any atom is 0.222 e. The molecule has 0 saturated heterocycles. The molecule has 0 spiro atoms. The lowest BCUT2D eigenvalue weighted by Gasteiger charge is -2.25. The summed E-state index contributed by atoms with van der Waals surface area (Å²) in [6, 6.07) is 12.9. The van der Waals surface area contributed by atoms with Crippen LogP contribution in [0.25, 0.3) is 0 Å². The lowest BCUT2D eigenvalue weighted by atomic mass is 9.95. The van der Waals surface area contributed by atoms with Gasteiger partial charge in [-0.05, 0) is 37.5 Å². The molecular formula is C20H26N2O. The third-order valence-electron chi connectivity index (χ3n) is 4.76. The van der Waals surface area contributed by atoms with E-state index in [9.17, 15) is 4.79 Å². The predicted octanol–water partition coefficient (Wildman–Crippen LogP) is 4.22. The van der Waals surface area contributed by atoms with Crippen LogP contribution in [-0.4, -0.2) is 16.5 Å². The number of benzene rings is 1. The van der Waals surface area contributed by atoms with Crippen molar-refractivity contribution in [3.8, 4) is 0 Å². The summed E-state index contributed by atoms with van der Waals surface area (Å²) < 4.78 is 2.13.